The topological polar surface area (TPSA) is 81.4 Å². The fourth-order valence-electron chi connectivity index (χ4n) is 2.85. The van der Waals surface area contributed by atoms with Crippen molar-refractivity contribution in [2.75, 3.05) is 13.2 Å². The minimum absolute atomic E-state index is 0.0991. The second-order valence-corrected chi connectivity index (χ2v) is 6.13. The van der Waals surface area contributed by atoms with Crippen LogP contribution in [-0.4, -0.2) is 30.9 Å². The number of carbonyl (C=O) groups excluding carboxylic acids is 2. The molecule has 0 aliphatic heterocycles. The van der Waals surface area contributed by atoms with E-state index in [4.69, 9.17) is 10.5 Å². The number of allylic oxidation sites excluding steroid dienone is 1. The van der Waals surface area contributed by atoms with Gasteiger partial charge in [-0.2, -0.15) is 0 Å². The van der Waals surface area contributed by atoms with E-state index >= 15 is 0 Å². The van der Waals surface area contributed by atoms with Gasteiger partial charge in [0.05, 0.1) is 12.2 Å². The smallest absolute Gasteiger partial charge is 0.255 e. The number of amides is 1. The normalized spacial score (nSPS) is 16.8. The maximum absolute atomic E-state index is 12.8. The molecule has 0 radical (unpaired) electrons. The summed E-state index contributed by atoms with van der Waals surface area (Å²) in [5.41, 5.74) is 6.02. The fraction of sp³-hybridized carbons (Fsp3) is 0.300. The van der Waals surface area contributed by atoms with Gasteiger partial charge in [-0.15, -0.1) is 0 Å². The quantitative estimate of drug-likeness (QED) is 0.793. The largest absolute Gasteiger partial charge is 0.493 e. The Kier molecular flexibility index (Phi) is 5.46. The molecule has 1 amide bonds. The molecular weight excluding hydrogens is 316 g/mol. The molecule has 0 bridgehead atoms. The molecule has 5 nitrogen and oxygen atoms in total. The SMILES string of the molecule is NCCCOc1cc2ccccc2cc1C(=O)NC1C=CC(=O)CC1. The summed E-state index contributed by atoms with van der Waals surface area (Å²) >= 11 is 0. The van der Waals surface area contributed by atoms with Gasteiger partial charge in [-0.3, -0.25) is 9.59 Å². The minimum atomic E-state index is -0.197. The van der Waals surface area contributed by atoms with Crippen molar-refractivity contribution in [2.45, 2.75) is 25.3 Å². The molecule has 1 aliphatic carbocycles. The number of nitrogens with two attached hydrogens (primary N) is 1. The lowest BCUT2D eigenvalue weighted by molar-refractivity contribution is -0.115. The number of hydrogen-bond donors (Lipinski definition) is 2. The summed E-state index contributed by atoms with van der Waals surface area (Å²) in [6.45, 7) is 1.00. The van der Waals surface area contributed by atoms with Gasteiger partial charge in [-0.1, -0.05) is 30.3 Å². The van der Waals surface area contributed by atoms with Gasteiger partial charge in [0.25, 0.3) is 5.91 Å². The third-order valence-electron chi connectivity index (χ3n) is 4.23. The van der Waals surface area contributed by atoms with Crippen molar-refractivity contribution >= 4 is 22.5 Å². The van der Waals surface area contributed by atoms with Crippen molar-refractivity contribution in [1.29, 1.82) is 0 Å². The highest BCUT2D eigenvalue weighted by Gasteiger charge is 2.19. The Morgan fingerprint density at radius 1 is 1.24 bits per heavy atom. The fourth-order valence-corrected chi connectivity index (χ4v) is 2.85. The van der Waals surface area contributed by atoms with Gasteiger partial charge in [0.15, 0.2) is 5.78 Å². The molecule has 1 atom stereocenters. The maximum Gasteiger partial charge on any atom is 0.255 e. The Balaban J connectivity index is 1.86. The summed E-state index contributed by atoms with van der Waals surface area (Å²) in [6, 6.07) is 11.5. The standard InChI is InChI=1S/C20H22N2O3/c21-10-3-11-25-19-13-15-5-2-1-4-14(15)12-18(19)20(24)22-16-6-8-17(23)9-7-16/h1-2,4-6,8,12-13,16H,3,7,9-11,21H2,(H,22,24). The Morgan fingerprint density at radius 2 is 2.00 bits per heavy atom. The Hall–Kier alpha value is -2.66. The molecule has 1 aliphatic rings. The van der Waals surface area contributed by atoms with Crippen molar-refractivity contribution in [3.05, 3.63) is 54.1 Å². The number of nitrogens with one attached hydrogen (secondary N) is 1. The highest BCUT2D eigenvalue weighted by Crippen LogP contribution is 2.26. The van der Waals surface area contributed by atoms with Crippen LogP contribution in [0.25, 0.3) is 10.8 Å². The van der Waals surface area contributed by atoms with Crippen molar-refractivity contribution in [1.82, 2.24) is 5.32 Å². The monoisotopic (exact) mass is 338 g/mol. The molecule has 0 saturated heterocycles. The lowest BCUT2D eigenvalue weighted by Crippen LogP contribution is -2.35. The summed E-state index contributed by atoms with van der Waals surface area (Å²) in [5.74, 6) is 0.458. The average Bonchev–Trinajstić information content (AvgIpc) is 2.63. The molecule has 5 heteroatoms. The molecule has 3 rings (SSSR count). The number of ketones is 1. The zero-order valence-corrected chi connectivity index (χ0v) is 14.0. The van der Waals surface area contributed by atoms with Crippen LogP contribution >= 0.6 is 0 Å². The lowest BCUT2D eigenvalue weighted by Gasteiger charge is -2.19. The predicted octanol–water partition coefficient (Wildman–Crippen LogP) is 2.58. The molecule has 0 aromatic heterocycles. The van der Waals surface area contributed by atoms with Crippen molar-refractivity contribution in [3.8, 4) is 5.75 Å². The highest BCUT2D eigenvalue weighted by molar-refractivity contribution is 6.02. The highest BCUT2D eigenvalue weighted by atomic mass is 16.5. The first-order valence-corrected chi connectivity index (χ1v) is 8.55. The summed E-state index contributed by atoms with van der Waals surface area (Å²) < 4.78 is 5.80. The number of fused-ring (bicyclic) bond motifs is 1. The Bertz CT molecular complexity index is 814. The van der Waals surface area contributed by atoms with E-state index in [1.54, 1.807) is 6.08 Å². The Labute approximate surface area is 146 Å². The molecule has 0 spiro atoms. The van der Waals surface area contributed by atoms with Crippen molar-refractivity contribution < 1.29 is 14.3 Å². The molecule has 0 fully saturated rings. The maximum atomic E-state index is 12.8. The van der Waals surface area contributed by atoms with Crippen molar-refractivity contribution in [3.63, 3.8) is 0 Å². The van der Waals surface area contributed by atoms with Crippen LogP contribution in [0.15, 0.2) is 48.6 Å². The third kappa shape index (κ3) is 4.25. The minimum Gasteiger partial charge on any atom is -0.493 e. The summed E-state index contributed by atoms with van der Waals surface area (Å²) in [4.78, 5) is 24.0. The van der Waals surface area contributed by atoms with Crippen LogP contribution in [-0.2, 0) is 4.79 Å². The van der Waals surface area contributed by atoms with Gasteiger partial charge in [0.1, 0.15) is 5.75 Å². The second-order valence-electron chi connectivity index (χ2n) is 6.13. The zero-order valence-electron chi connectivity index (χ0n) is 14.0. The van der Waals surface area contributed by atoms with E-state index in [9.17, 15) is 9.59 Å². The van der Waals surface area contributed by atoms with E-state index in [2.05, 4.69) is 5.32 Å². The van der Waals surface area contributed by atoms with Crippen LogP contribution in [0.3, 0.4) is 0 Å². The zero-order chi connectivity index (χ0) is 17.6. The average molecular weight is 338 g/mol. The van der Waals surface area contributed by atoms with E-state index in [1.807, 2.05) is 36.4 Å². The van der Waals surface area contributed by atoms with E-state index in [1.165, 1.54) is 6.08 Å². The van der Waals surface area contributed by atoms with E-state index in [-0.39, 0.29) is 17.7 Å². The number of benzene rings is 2. The first-order chi connectivity index (χ1) is 12.2. The van der Waals surface area contributed by atoms with Crippen LogP contribution < -0.4 is 15.8 Å². The van der Waals surface area contributed by atoms with E-state index in [0.29, 0.717) is 37.3 Å². The van der Waals surface area contributed by atoms with Gasteiger partial charge < -0.3 is 15.8 Å². The third-order valence-corrected chi connectivity index (χ3v) is 4.23. The summed E-state index contributed by atoms with van der Waals surface area (Å²) in [7, 11) is 0. The molecule has 25 heavy (non-hydrogen) atoms. The predicted molar refractivity (Wildman–Crippen MR) is 97.7 cm³/mol. The molecule has 130 valence electrons. The molecular formula is C20H22N2O3. The van der Waals surface area contributed by atoms with Gasteiger partial charge in [0, 0.05) is 12.5 Å². The number of ether oxygens (including phenoxy) is 1. The van der Waals surface area contributed by atoms with Crippen LogP contribution in [0.4, 0.5) is 0 Å². The summed E-state index contributed by atoms with van der Waals surface area (Å²) in [5, 5.41) is 4.97. The first-order valence-electron chi connectivity index (χ1n) is 8.55. The molecule has 2 aromatic carbocycles. The number of carbonyl (C=O) groups is 2. The first kappa shape index (κ1) is 17.2. The molecule has 0 saturated carbocycles. The van der Waals surface area contributed by atoms with Gasteiger partial charge in [-0.05, 0) is 48.4 Å². The van der Waals surface area contributed by atoms with E-state index in [0.717, 1.165) is 17.2 Å². The second kappa shape index (κ2) is 7.94. The lowest BCUT2D eigenvalue weighted by atomic mass is 10.0. The summed E-state index contributed by atoms with van der Waals surface area (Å²) in [6.07, 6.45) is 5.09. The molecule has 0 heterocycles. The Morgan fingerprint density at radius 3 is 2.68 bits per heavy atom. The van der Waals surface area contributed by atoms with Gasteiger partial charge >= 0.3 is 0 Å². The van der Waals surface area contributed by atoms with Crippen LogP contribution in [0.2, 0.25) is 0 Å². The van der Waals surface area contributed by atoms with Gasteiger partial charge in [-0.25, -0.2) is 0 Å². The number of hydrogen-bond acceptors (Lipinski definition) is 4. The van der Waals surface area contributed by atoms with Crippen molar-refractivity contribution in [2.24, 2.45) is 5.73 Å². The molecule has 3 N–H and O–H groups in total. The van der Waals surface area contributed by atoms with Crippen LogP contribution in [0.1, 0.15) is 29.6 Å². The number of rotatable bonds is 6. The van der Waals surface area contributed by atoms with E-state index < -0.39 is 0 Å². The van der Waals surface area contributed by atoms with Gasteiger partial charge in [0.2, 0.25) is 0 Å². The molecule has 1 unspecified atom stereocenters. The molecule has 2 aromatic rings. The van der Waals surface area contributed by atoms with Crippen LogP contribution in [0, 0.1) is 0 Å². The van der Waals surface area contributed by atoms with Crippen LogP contribution in [0.5, 0.6) is 5.75 Å².